The Morgan fingerprint density at radius 3 is 2.26 bits per heavy atom. The standard InChI is InChI=1S/C28H27Cl2NO3S/c1-34-24-6-5-20(28-12-16-7-17(13-28)9-18(8-16)14-28)10-19(24)11-25-26(32)31(27(33)35-25)15-21-22(29)3-2-4-23(21)30/h2-6,10-11,16-18H,7-9,12-15H2,1H3/b25-11-. The number of nitrogens with zero attached hydrogens (tertiary/aromatic N) is 1. The van der Waals surface area contributed by atoms with Crippen LogP contribution in [0, 0.1) is 17.8 Å². The van der Waals surface area contributed by atoms with Crippen molar-refractivity contribution in [1.82, 2.24) is 4.90 Å². The number of carbonyl (C=O) groups is 2. The second kappa shape index (κ2) is 8.86. The van der Waals surface area contributed by atoms with Crippen molar-refractivity contribution in [3.63, 3.8) is 0 Å². The van der Waals surface area contributed by atoms with Gasteiger partial charge in [0.15, 0.2) is 0 Å². The van der Waals surface area contributed by atoms with Crippen LogP contribution in [0.2, 0.25) is 10.0 Å². The van der Waals surface area contributed by atoms with Crippen LogP contribution >= 0.6 is 35.0 Å². The molecule has 0 atom stereocenters. The van der Waals surface area contributed by atoms with Crippen LogP contribution in [0.15, 0.2) is 41.3 Å². The molecule has 5 fully saturated rings. The summed E-state index contributed by atoms with van der Waals surface area (Å²) in [5, 5.41) is 0.546. The van der Waals surface area contributed by atoms with Crippen molar-refractivity contribution in [3.8, 4) is 5.75 Å². The number of carbonyl (C=O) groups excluding carboxylic acids is 2. The fraction of sp³-hybridized carbons (Fsp3) is 0.429. The molecule has 1 aliphatic heterocycles. The number of amides is 2. The Bertz CT molecular complexity index is 1200. The highest BCUT2D eigenvalue weighted by molar-refractivity contribution is 8.18. The molecule has 0 spiro atoms. The van der Waals surface area contributed by atoms with E-state index in [0.717, 1.165) is 35.1 Å². The highest BCUT2D eigenvalue weighted by Crippen LogP contribution is 2.61. The van der Waals surface area contributed by atoms with E-state index in [4.69, 9.17) is 27.9 Å². The number of imide groups is 1. The maximum Gasteiger partial charge on any atom is 0.293 e. The minimum Gasteiger partial charge on any atom is -0.496 e. The average Bonchev–Trinajstić information content (AvgIpc) is 3.07. The Hall–Kier alpha value is -1.95. The van der Waals surface area contributed by atoms with Gasteiger partial charge in [-0.1, -0.05) is 35.3 Å². The van der Waals surface area contributed by atoms with E-state index >= 15 is 0 Å². The Morgan fingerprint density at radius 2 is 1.66 bits per heavy atom. The number of hydrogen-bond acceptors (Lipinski definition) is 4. The molecule has 4 saturated carbocycles. The lowest BCUT2D eigenvalue weighted by Crippen LogP contribution is -2.48. The Labute approximate surface area is 220 Å². The van der Waals surface area contributed by atoms with Crippen LogP contribution < -0.4 is 4.74 Å². The Kier molecular flexibility index (Phi) is 5.94. The molecule has 2 aromatic rings. The zero-order valence-corrected chi connectivity index (χ0v) is 21.9. The van der Waals surface area contributed by atoms with Crippen LogP contribution in [-0.4, -0.2) is 23.2 Å². The van der Waals surface area contributed by atoms with Crippen molar-refractivity contribution in [1.29, 1.82) is 0 Å². The van der Waals surface area contributed by atoms with E-state index in [2.05, 4.69) is 12.1 Å². The molecule has 1 saturated heterocycles. The topological polar surface area (TPSA) is 46.6 Å². The summed E-state index contributed by atoms with van der Waals surface area (Å²) in [7, 11) is 1.64. The number of benzene rings is 2. The van der Waals surface area contributed by atoms with Crippen LogP contribution in [0.1, 0.15) is 55.2 Å². The van der Waals surface area contributed by atoms with Gasteiger partial charge in [0.2, 0.25) is 0 Å². The molecule has 1 heterocycles. The molecule has 5 aliphatic rings. The third kappa shape index (κ3) is 4.10. The summed E-state index contributed by atoms with van der Waals surface area (Å²) >= 11 is 13.5. The summed E-state index contributed by atoms with van der Waals surface area (Å²) in [6, 6.07) is 11.6. The highest BCUT2D eigenvalue weighted by Gasteiger charge is 2.51. The van der Waals surface area contributed by atoms with Crippen LogP contribution in [0.5, 0.6) is 5.75 Å². The van der Waals surface area contributed by atoms with E-state index in [-0.39, 0.29) is 23.1 Å². The average molecular weight is 529 g/mol. The second-order valence-corrected chi connectivity index (χ2v) is 12.4. The van der Waals surface area contributed by atoms with E-state index < -0.39 is 0 Å². The van der Waals surface area contributed by atoms with Gasteiger partial charge in [-0.3, -0.25) is 14.5 Å². The highest BCUT2D eigenvalue weighted by atomic mass is 35.5. The van der Waals surface area contributed by atoms with Crippen molar-refractivity contribution < 1.29 is 14.3 Å². The zero-order valence-electron chi connectivity index (χ0n) is 19.6. The first kappa shape index (κ1) is 23.4. The first-order valence-electron chi connectivity index (χ1n) is 12.2. The normalized spacial score (nSPS) is 30.5. The molecule has 7 heteroatoms. The van der Waals surface area contributed by atoms with E-state index in [1.54, 1.807) is 25.3 Å². The second-order valence-electron chi connectivity index (χ2n) is 10.6. The molecule has 35 heavy (non-hydrogen) atoms. The third-order valence-corrected chi connectivity index (χ3v) is 10.0. The SMILES string of the molecule is COc1ccc(C23CC4CC(CC(C4)C2)C3)cc1/C=C1\SC(=O)N(Cc2c(Cl)cccc2Cl)C1=O. The molecule has 4 aliphatic carbocycles. The van der Waals surface area contributed by atoms with Crippen LogP contribution in [0.4, 0.5) is 4.79 Å². The van der Waals surface area contributed by atoms with Crippen LogP contribution in [0.3, 0.4) is 0 Å². The fourth-order valence-corrected chi connectivity index (χ4v) is 8.61. The van der Waals surface area contributed by atoms with Gasteiger partial charge in [0.1, 0.15) is 5.75 Å². The van der Waals surface area contributed by atoms with E-state index in [1.165, 1.54) is 49.0 Å². The Morgan fingerprint density at radius 1 is 1.03 bits per heavy atom. The number of methoxy groups -OCH3 is 1. The van der Waals surface area contributed by atoms with Gasteiger partial charge >= 0.3 is 0 Å². The lowest BCUT2D eigenvalue weighted by atomic mass is 9.48. The van der Waals surface area contributed by atoms with Gasteiger partial charge < -0.3 is 4.74 Å². The van der Waals surface area contributed by atoms with Gasteiger partial charge in [-0.15, -0.1) is 0 Å². The van der Waals surface area contributed by atoms with Crippen molar-refractivity contribution in [2.45, 2.75) is 50.5 Å². The number of thioether (sulfide) groups is 1. The van der Waals surface area contributed by atoms with E-state index in [1.807, 2.05) is 12.1 Å². The fourth-order valence-electron chi connectivity index (χ4n) is 7.26. The monoisotopic (exact) mass is 527 g/mol. The number of ether oxygens (including phenoxy) is 1. The first-order chi connectivity index (χ1) is 16.8. The van der Waals surface area contributed by atoms with E-state index in [9.17, 15) is 9.59 Å². The maximum atomic E-state index is 13.2. The lowest BCUT2D eigenvalue weighted by molar-refractivity contribution is -0.123. The first-order valence-corrected chi connectivity index (χ1v) is 13.8. The third-order valence-electron chi connectivity index (χ3n) is 8.42. The smallest absolute Gasteiger partial charge is 0.293 e. The molecule has 182 valence electrons. The molecular formula is C28H27Cl2NO3S. The summed E-state index contributed by atoms with van der Waals surface area (Å²) in [4.78, 5) is 27.6. The largest absolute Gasteiger partial charge is 0.496 e. The Balaban J connectivity index is 1.31. The number of hydrogen-bond donors (Lipinski definition) is 0. The zero-order chi connectivity index (χ0) is 24.3. The predicted molar refractivity (Wildman–Crippen MR) is 141 cm³/mol. The molecule has 0 aromatic heterocycles. The maximum absolute atomic E-state index is 13.2. The molecule has 0 N–H and O–H groups in total. The molecule has 4 nitrogen and oxygen atoms in total. The minimum absolute atomic E-state index is 0.0466. The molecule has 2 amide bonds. The predicted octanol–water partition coefficient (Wildman–Crippen LogP) is 7.71. The minimum atomic E-state index is -0.335. The summed E-state index contributed by atoms with van der Waals surface area (Å²) in [6.07, 6.45) is 9.78. The molecule has 2 aromatic carbocycles. The van der Waals surface area contributed by atoms with Crippen LogP contribution in [-0.2, 0) is 16.8 Å². The van der Waals surface area contributed by atoms with Crippen molar-refractivity contribution in [2.24, 2.45) is 17.8 Å². The van der Waals surface area contributed by atoms with Gasteiger partial charge in [0.25, 0.3) is 11.1 Å². The van der Waals surface area contributed by atoms with Gasteiger partial charge in [0.05, 0.1) is 18.6 Å². The summed E-state index contributed by atoms with van der Waals surface area (Å²) in [5.74, 6) is 2.91. The van der Waals surface area contributed by atoms with Crippen molar-refractivity contribution >= 4 is 52.2 Å². The molecule has 0 unspecified atom stereocenters. The van der Waals surface area contributed by atoms with Crippen molar-refractivity contribution in [3.05, 3.63) is 68.0 Å². The summed E-state index contributed by atoms with van der Waals surface area (Å²) in [5.41, 5.74) is 3.01. The molecule has 4 bridgehead atoms. The molecule has 7 rings (SSSR count). The van der Waals surface area contributed by atoms with Crippen LogP contribution in [0.25, 0.3) is 6.08 Å². The van der Waals surface area contributed by atoms with Gasteiger partial charge in [-0.05, 0) is 109 Å². The lowest BCUT2D eigenvalue weighted by Gasteiger charge is -2.57. The van der Waals surface area contributed by atoms with Crippen molar-refractivity contribution in [2.75, 3.05) is 7.11 Å². The number of halogens is 2. The quantitative estimate of drug-likeness (QED) is 0.373. The molecule has 0 radical (unpaired) electrons. The summed E-state index contributed by atoms with van der Waals surface area (Å²) in [6.45, 7) is 0.0466. The number of rotatable bonds is 5. The molecular weight excluding hydrogens is 501 g/mol. The van der Waals surface area contributed by atoms with Gasteiger partial charge in [-0.25, -0.2) is 0 Å². The van der Waals surface area contributed by atoms with E-state index in [0.29, 0.717) is 26.3 Å². The summed E-state index contributed by atoms with van der Waals surface area (Å²) < 4.78 is 5.65. The van der Waals surface area contributed by atoms with Gasteiger partial charge in [-0.2, -0.15) is 0 Å². The van der Waals surface area contributed by atoms with Gasteiger partial charge in [0, 0.05) is 21.2 Å².